The number of rotatable bonds is 9. The topological polar surface area (TPSA) is 30.5 Å². The summed E-state index contributed by atoms with van der Waals surface area (Å²) in [6.45, 7) is 3.87. The first-order valence-electron chi connectivity index (χ1n) is 4.60. The minimum Gasteiger partial charge on any atom is -0.385 e. The molecule has 0 aliphatic heterocycles. The Bertz CT molecular complexity index is 68.9. The van der Waals surface area contributed by atoms with Crippen molar-refractivity contribution in [1.29, 1.82) is 0 Å². The maximum absolute atomic E-state index is 4.94. The summed E-state index contributed by atoms with van der Waals surface area (Å²) in [6.07, 6.45) is 3.44. The van der Waals surface area contributed by atoms with E-state index in [4.69, 9.17) is 9.47 Å². The third kappa shape index (κ3) is 9.88. The van der Waals surface area contributed by atoms with Gasteiger partial charge in [-0.1, -0.05) is 0 Å². The van der Waals surface area contributed by atoms with Gasteiger partial charge in [-0.3, -0.25) is 0 Å². The van der Waals surface area contributed by atoms with Gasteiger partial charge in [-0.25, -0.2) is 0 Å². The van der Waals surface area contributed by atoms with E-state index in [1.807, 2.05) is 0 Å². The van der Waals surface area contributed by atoms with Crippen LogP contribution in [0.5, 0.6) is 0 Å². The quantitative estimate of drug-likeness (QED) is 0.531. The Morgan fingerprint density at radius 3 is 2.08 bits per heavy atom. The molecule has 74 valence electrons. The number of nitrogens with one attached hydrogen (secondary N) is 1. The lowest BCUT2D eigenvalue weighted by molar-refractivity contribution is 0.189. The van der Waals surface area contributed by atoms with E-state index >= 15 is 0 Å². The highest BCUT2D eigenvalue weighted by Gasteiger charge is 1.88. The Morgan fingerprint density at radius 2 is 1.42 bits per heavy atom. The average Bonchev–Trinajstić information content (AvgIpc) is 2.10. The minimum atomic E-state index is 0.852. The molecule has 0 aromatic rings. The van der Waals surface area contributed by atoms with Crippen LogP contribution in [0.4, 0.5) is 0 Å². The largest absolute Gasteiger partial charge is 0.385 e. The van der Waals surface area contributed by atoms with Gasteiger partial charge in [-0.15, -0.1) is 0 Å². The lowest BCUT2D eigenvalue weighted by atomic mass is 10.3. The molecule has 0 atom stereocenters. The van der Waals surface area contributed by atoms with Crippen molar-refractivity contribution >= 4 is 0 Å². The SMILES string of the molecule is COCCCCNCCCOC. The van der Waals surface area contributed by atoms with Gasteiger partial charge in [-0.2, -0.15) is 0 Å². The van der Waals surface area contributed by atoms with Gasteiger partial charge in [0.1, 0.15) is 0 Å². The Morgan fingerprint density at radius 1 is 0.833 bits per heavy atom. The molecule has 0 aromatic heterocycles. The molecule has 0 aromatic carbocycles. The van der Waals surface area contributed by atoms with E-state index in [1.54, 1.807) is 14.2 Å². The molecular formula is C9H21NO2. The molecule has 1 N–H and O–H groups in total. The zero-order valence-corrected chi connectivity index (χ0v) is 8.27. The summed E-state index contributed by atoms with van der Waals surface area (Å²) in [6, 6.07) is 0. The van der Waals surface area contributed by atoms with Crippen LogP contribution in [0, 0.1) is 0 Å². The zero-order chi connectivity index (χ0) is 9.07. The second-order valence-corrected chi connectivity index (χ2v) is 2.80. The van der Waals surface area contributed by atoms with Crippen molar-refractivity contribution < 1.29 is 9.47 Å². The van der Waals surface area contributed by atoms with Crippen LogP contribution in [0.15, 0.2) is 0 Å². The zero-order valence-electron chi connectivity index (χ0n) is 8.27. The minimum absolute atomic E-state index is 0.852. The lowest BCUT2D eigenvalue weighted by Crippen LogP contribution is -2.18. The molecule has 0 unspecified atom stereocenters. The molecule has 0 amide bonds. The average molecular weight is 175 g/mol. The number of ether oxygens (including phenoxy) is 2. The molecule has 0 aliphatic carbocycles. The summed E-state index contributed by atoms with van der Waals surface area (Å²) in [5, 5.41) is 3.34. The van der Waals surface area contributed by atoms with Crippen LogP contribution in [0.1, 0.15) is 19.3 Å². The van der Waals surface area contributed by atoms with Crippen molar-refractivity contribution in [2.24, 2.45) is 0 Å². The van der Waals surface area contributed by atoms with Crippen LogP contribution in [0.3, 0.4) is 0 Å². The van der Waals surface area contributed by atoms with E-state index in [-0.39, 0.29) is 0 Å². The van der Waals surface area contributed by atoms with Gasteiger partial charge in [0.05, 0.1) is 0 Å². The summed E-state index contributed by atoms with van der Waals surface area (Å²) in [5.41, 5.74) is 0. The van der Waals surface area contributed by atoms with E-state index in [9.17, 15) is 0 Å². The molecule has 0 spiro atoms. The fourth-order valence-corrected chi connectivity index (χ4v) is 0.963. The smallest absolute Gasteiger partial charge is 0.0474 e. The van der Waals surface area contributed by atoms with E-state index in [0.29, 0.717) is 0 Å². The van der Waals surface area contributed by atoms with Gasteiger partial charge < -0.3 is 14.8 Å². The number of hydrogen-bond acceptors (Lipinski definition) is 3. The summed E-state index contributed by atoms with van der Waals surface area (Å²) in [4.78, 5) is 0. The summed E-state index contributed by atoms with van der Waals surface area (Å²) >= 11 is 0. The highest BCUT2D eigenvalue weighted by Crippen LogP contribution is 1.86. The monoisotopic (exact) mass is 175 g/mol. The molecule has 0 aliphatic rings. The Kier molecular flexibility index (Phi) is 10.8. The van der Waals surface area contributed by atoms with Crippen LogP contribution < -0.4 is 5.32 Å². The second kappa shape index (κ2) is 10.9. The third-order valence-corrected chi connectivity index (χ3v) is 1.65. The Hall–Kier alpha value is -0.120. The Balaban J connectivity index is 2.73. The van der Waals surface area contributed by atoms with E-state index in [2.05, 4.69) is 5.32 Å². The van der Waals surface area contributed by atoms with Crippen LogP contribution in [-0.4, -0.2) is 40.5 Å². The normalized spacial score (nSPS) is 10.5. The summed E-state index contributed by atoms with van der Waals surface area (Å²) in [7, 11) is 3.48. The van der Waals surface area contributed by atoms with Crippen LogP contribution in [-0.2, 0) is 9.47 Å². The van der Waals surface area contributed by atoms with Gasteiger partial charge >= 0.3 is 0 Å². The second-order valence-electron chi connectivity index (χ2n) is 2.80. The van der Waals surface area contributed by atoms with Crippen LogP contribution in [0.2, 0.25) is 0 Å². The highest BCUT2D eigenvalue weighted by atomic mass is 16.5. The fraction of sp³-hybridized carbons (Fsp3) is 1.00. The van der Waals surface area contributed by atoms with E-state index in [0.717, 1.165) is 39.1 Å². The molecule has 0 bridgehead atoms. The van der Waals surface area contributed by atoms with Crippen molar-refractivity contribution in [3.63, 3.8) is 0 Å². The first-order chi connectivity index (χ1) is 5.91. The van der Waals surface area contributed by atoms with E-state index < -0.39 is 0 Å². The van der Waals surface area contributed by atoms with Gasteiger partial charge in [0.25, 0.3) is 0 Å². The molecule has 0 heterocycles. The van der Waals surface area contributed by atoms with Crippen LogP contribution in [0.25, 0.3) is 0 Å². The highest BCUT2D eigenvalue weighted by molar-refractivity contribution is 4.47. The molecule has 3 heteroatoms. The summed E-state index contributed by atoms with van der Waals surface area (Å²) < 4.78 is 9.87. The Labute approximate surface area is 75.4 Å². The van der Waals surface area contributed by atoms with Gasteiger partial charge in [0.2, 0.25) is 0 Å². The molecule has 0 saturated carbocycles. The maximum Gasteiger partial charge on any atom is 0.0474 e. The van der Waals surface area contributed by atoms with Crippen LogP contribution >= 0.6 is 0 Å². The maximum atomic E-state index is 4.94. The predicted molar refractivity (Wildman–Crippen MR) is 50.5 cm³/mol. The van der Waals surface area contributed by atoms with Crippen molar-refractivity contribution in [2.45, 2.75) is 19.3 Å². The molecule has 0 radical (unpaired) electrons. The van der Waals surface area contributed by atoms with E-state index in [1.165, 1.54) is 6.42 Å². The molecule has 0 fully saturated rings. The predicted octanol–water partition coefficient (Wildman–Crippen LogP) is 1.04. The first kappa shape index (κ1) is 11.9. The molecule has 12 heavy (non-hydrogen) atoms. The summed E-state index contributed by atoms with van der Waals surface area (Å²) in [5.74, 6) is 0. The number of hydrogen-bond donors (Lipinski definition) is 1. The molecule has 0 saturated heterocycles. The molecular weight excluding hydrogens is 154 g/mol. The number of methoxy groups -OCH3 is 2. The van der Waals surface area contributed by atoms with Gasteiger partial charge in [-0.05, 0) is 32.4 Å². The standard InChI is InChI=1S/C9H21NO2/c1-11-8-4-3-6-10-7-5-9-12-2/h10H,3-9H2,1-2H3. The van der Waals surface area contributed by atoms with Crippen molar-refractivity contribution in [3.05, 3.63) is 0 Å². The fourth-order valence-electron chi connectivity index (χ4n) is 0.963. The van der Waals surface area contributed by atoms with Crippen molar-refractivity contribution in [3.8, 4) is 0 Å². The van der Waals surface area contributed by atoms with Crippen molar-refractivity contribution in [2.75, 3.05) is 40.5 Å². The molecule has 0 rings (SSSR count). The lowest BCUT2D eigenvalue weighted by Gasteiger charge is -2.03. The van der Waals surface area contributed by atoms with Gasteiger partial charge in [0, 0.05) is 27.4 Å². The third-order valence-electron chi connectivity index (χ3n) is 1.65. The first-order valence-corrected chi connectivity index (χ1v) is 4.60. The van der Waals surface area contributed by atoms with Gasteiger partial charge in [0.15, 0.2) is 0 Å². The molecule has 3 nitrogen and oxygen atoms in total. The van der Waals surface area contributed by atoms with Crippen molar-refractivity contribution in [1.82, 2.24) is 5.32 Å². The number of unbranched alkanes of at least 4 members (excludes halogenated alkanes) is 1.